The quantitative estimate of drug-likeness (QED) is 0.405. The zero-order valence-electron chi connectivity index (χ0n) is 4.28. The molecule has 0 atom stereocenters. The zero-order valence-corrected chi connectivity index (χ0v) is 4.28. The van der Waals surface area contributed by atoms with E-state index in [2.05, 4.69) is 10.4 Å². The van der Waals surface area contributed by atoms with Crippen LogP contribution in [-0.4, -0.2) is 13.1 Å². The van der Waals surface area contributed by atoms with E-state index in [1.54, 1.807) is 0 Å². The summed E-state index contributed by atoms with van der Waals surface area (Å²) in [4.78, 5) is 18.7. The second-order valence-corrected chi connectivity index (χ2v) is 1.09. The standard InChI is InChI=1S/C4H6N2O2/c7-5-3-1-2-4-6-8/h1-2H,3-4H2/b2-1-. The molecule has 0 amide bonds. The van der Waals surface area contributed by atoms with Crippen molar-refractivity contribution in [2.75, 3.05) is 13.1 Å². The molecule has 0 saturated carbocycles. The van der Waals surface area contributed by atoms with E-state index in [1.165, 1.54) is 12.2 Å². The normalized spacial score (nSPS) is 9.50. The molecule has 0 radical (unpaired) electrons. The van der Waals surface area contributed by atoms with Crippen LogP contribution in [0.4, 0.5) is 0 Å². The first-order valence-corrected chi connectivity index (χ1v) is 2.15. The molecule has 0 fully saturated rings. The Kier molecular flexibility index (Phi) is 5.15. The van der Waals surface area contributed by atoms with Crippen LogP contribution in [0.1, 0.15) is 0 Å². The molecule has 0 spiro atoms. The first-order chi connectivity index (χ1) is 3.91. The Bertz CT molecular complexity index is 88.2. The lowest BCUT2D eigenvalue weighted by atomic mass is 10.5. The summed E-state index contributed by atoms with van der Waals surface area (Å²) in [5.41, 5.74) is 0. The molecular weight excluding hydrogens is 108 g/mol. The van der Waals surface area contributed by atoms with Gasteiger partial charge in [-0.1, -0.05) is 22.5 Å². The van der Waals surface area contributed by atoms with Crippen molar-refractivity contribution in [2.24, 2.45) is 10.4 Å². The number of nitrogens with zero attached hydrogens (tertiary/aromatic N) is 2. The van der Waals surface area contributed by atoms with E-state index in [9.17, 15) is 9.81 Å². The lowest BCUT2D eigenvalue weighted by Gasteiger charge is -1.71. The molecule has 0 aliphatic rings. The average molecular weight is 114 g/mol. The first-order valence-electron chi connectivity index (χ1n) is 2.15. The van der Waals surface area contributed by atoms with Gasteiger partial charge in [0.2, 0.25) is 0 Å². The third-order valence-corrected chi connectivity index (χ3v) is 0.527. The van der Waals surface area contributed by atoms with E-state index in [0.29, 0.717) is 0 Å². The molecule has 0 rings (SSSR count). The molecule has 4 nitrogen and oxygen atoms in total. The SMILES string of the molecule is O=NC/C=C\CN=O. The highest BCUT2D eigenvalue weighted by Gasteiger charge is 1.71. The molecule has 44 valence electrons. The lowest BCUT2D eigenvalue weighted by molar-refractivity contribution is 1.17. The molecule has 0 aromatic rings. The minimum atomic E-state index is 0.121. The van der Waals surface area contributed by atoms with Gasteiger partial charge in [0.1, 0.15) is 0 Å². The van der Waals surface area contributed by atoms with E-state index in [-0.39, 0.29) is 13.1 Å². The molecule has 0 bridgehead atoms. The Morgan fingerprint density at radius 2 is 1.38 bits per heavy atom. The van der Waals surface area contributed by atoms with Crippen molar-refractivity contribution in [3.8, 4) is 0 Å². The number of rotatable bonds is 4. The Morgan fingerprint density at radius 3 is 1.62 bits per heavy atom. The van der Waals surface area contributed by atoms with Crippen LogP contribution in [0.2, 0.25) is 0 Å². The van der Waals surface area contributed by atoms with Gasteiger partial charge in [-0.25, -0.2) is 0 Å². The Hall–Kier alpha value is -1.06. The summed E-state index contributed by atoms with van der Waals surface area (Å²) >= 11 is 0. The number of nitroso groups, excluding NO2 is 2. The zero-order chi connectivity index (χ0) is 6.24. The van der Waals surface area contributed by atoms with Crippen molar-refractivity contribution in [1.29, 1.82) is 0 Å². The van der Waals surface area contributed by atoms with Gasteiger partial charge in [0.15, 0.2) is 0 Å². The second-order valence-electron chi connectivity index (χ2n) is 1.09. The summed E-state index contributed by atoms with van der Waals surface area (Å²) in [5, 5.41) is 5.05. The highest BCUT2D eigenvalue weighted by Crippen LogP contribution is 1.74. The maximum atomic E-state index is 9.36. The van der Waals surface area contributed by atoms with Crippen molar-refractivity contribution >= 4 is 0 Å². The van der Waals surface area contributed by atoms with Crippen molar-refractivity contribution in [3.05, 3.63) is 22.0 Å². The van der Waals surface area contributed by atoms with E-state index >= 15 is 0 Å². The fourth-order valence-corrected chi connectivity index (χ4v) is 0.235. The maximum Gasteiger partial charge on any atom is 0.0993 e. The fraction of sp³-hybridized carbons (Fsp3) is 0.500. The van der Waals surface area contributed by atoms with Crippen molar-refractivity contribution in [1.82, 2.24) is 0 Å². The summed E-state index contributed by atoms with van der Waals surface area (Å²) in [5.74, 6) is 0. The van der Waals surface area contributed by atoms with Gasteiger partial charge in [0.05, 0.1) is 13.1 Å². The third kappa shape index (κ3) is 4.94. The van der Waals surface area contributed by atoms with Gasteiger partial charge in [-0.2, -0.15) is 9.81 Å². The molecule has 0 heterocycles. The van der Waals surface area contributed by atoms with Gasteiger partial charge in [-0.15, -0.1) is 0 Å². The topological polar surface area (TPSA) is 58.9 Å². The Labute approximate surface area is 46.5 Å². The van der Waals surface area contributed by atoms with Gasteiger partial charge in [-0.05, 0) is 0 Å². The van der Waals surface area contributed by atoms with Gasteiger partial charge in [0, 0.05) is 0 Å². The molecule has 0 saturated heterocycles. The highest BCUT2D eigenvalue weighted by atomic mass is 16.3. The molecule has 0 aromatic heterocycles. The van der Waals surface area contributed by atoms with Gasteiger partial charge < -0.3 is 0 Å². The van der Waals surface area contributed by atoms with E-state index in [1.807, 2.05) is 0 Å². The molecule has 0 N–H and O–H groups in total. The Morgan fingerprint density at radius 1 is 1.00 bits per heavy atom. The summed E-state index contributed by atoms with van der Waals surface area (Å²) in [7, 11) is 0. The molecular formula is C4H6N2O2. The van der Waals surface area contributed by atoms with Gasteiger partial charge in [0.25, 0.3) is 0 Å². The summed E-state index contributed by atoms with van der Waals surface area (Å²) in [6.07, 6.45) is 2.99. The summed E-state index contributed by atoms with van der Waals surface area (Å²) in [6.45, 7) is 0.241. The van der Waals surface area contributed by atoms with Crippen LogP contribution in [0, 0.1) is 9.81 Å². The molecule has 0 aromatic carbocycles. The largest absolute Gasteiger partial charge is 0.150 e. The second kappa shape index (κ2) is 5.94. The monoisotopic (exact) mass is 114 g/mol. The van der Waals surface area contributed by atoms with E-state index in [0.717, 1.165) is 0 Å². The van der Waals surface area contributed by atoms with Crippen LogP contribution in [0.5, 0.6) is 0 Å². The average Bonchev–Trinajstić information content (AvgIpc) is 1.81. The molecule has 0 aliphatic heterocycles. The lowest BCUT2D eigenvalue weighted by Crippen LogP contribution is -1.70. The predicted molar refractivity (Wildman–Crippen MR) is 30.5 cm³/mol. The highest BCUT2D eigenvalue weighted by molar-refractivity contribution is 4.85. The third-order valence-electron chi connectivity index (χ3n) is 0.527. The van der Waals surface area contributed by atoms with Gasteiger partial charge in [-0.3, -0.25) is 0 Å². The predicted octanol–water partition coefficient (Wildman–Crippen LogP) is 1.08. The number of hydrogen-bond donors (Lipinski definition) is 0. The van der Waals surface area contributed by atoms with Gasteiger partial charge >= 0.3 is 0 Å². The van der Waals surface area contributed by atoms with Crippen LogP contribution in [0.25, 0.3) is 0 Å². The molecule has 0 aliphatic carbocycles. The van der Waals surface area contributed by atoms with Crippen molar-refractivity contribution < 1.29 is 0 Å². The van der Waals surface area contributed by atoms with Crippen LogP contribution in [-0.2, 0) is 0 Å². The van der Waals surface area contributed by atoms with E-state index < -0.39 is 0 Å². The number of hydrogen-bond acceptors (Lipinski definition) is 4. The van der Waals surface area contributed by atoms with Crippen LogP contribution in [0.15, 0.2) is 22.5 Å². The first kappa shape index (κ1) is 6.94. The van der Waals surface area contributed by atoms with Crippen molar-refractivity contribution in [3.63, 3.8) is 0 Å². The maximum absolute atomic E-state index is 9.36. The summed E-state index contributed by atoms with van der Waals surface area (Å²) < 4.78 is 0. The molecule has 8 heavy (non-hydrogen) atoms. The Balaban J connectivity index is 3.06. The van der Waals surface area contributed by atoms with Crippen LogP contribution in [0.3, 0.4) is 0 Å². The fourth-order valence-electron chi connectivity index (χ4n) is 0.235. The minimum Gasteiger partial charge on any atom is -0.150 e. The van der Waals surface area contributed by atoms with E-state index in [4.69, 9.17) is 0 Å². The minimum absolute atomic E-state index is 0.121. The molecule has 4 heteroatoms. The summed E-state index contributed by atoms with van der Waals surface area (Å²) in [6, 6.07) is 0. The van der Waals surface area contributed by atoms with Crippen LogP contribution < -0.4 is 0 Å². The smallest absolute Gasteiger partial charge is 0.0993 e. The van der Waals surface area contributed by atoms with Crippen LogP contribution >= 0.6 is 0 Å². The molecule has 0 unspecified atom stereocenters. The van der Waals surface area contributed by atoms with Crippen molar-refractivity contribution in [2.45, 2.75) is 0 Å².